The number of benzene rings is 1. The zero-order valence-electron chi connectivity index (χ0n) is 28.4. The highest BCUT2D eigenvalue weighted by atomic mass is 19.3. The predicted molar refractivity (Wildman–Crippen MR) is 174 cm³/mol. The number of hydrogen-bond donors (Lipinski definition) is 1. The Balaban J connectivity index is 1.42. The Kier molecular flexibility index (Phi) is 9.56. The number of hydrogen-bond acceptors (Lipinski definition) is 8. The molecular formula is C36H48F2N4O6. The van der Waals surface area contributed by atoms with Gasteiger partial charge in [-0.25, -0.2) is 14.8 Å². The monoisotopic (exact) mass is 670 g/mol. The van der Waals surface area contributed by atoms with E-state index in [1.54, 1.807) is 25.1 Å². The van der Waals surface area contributed by atoms with Crippen molar-refractivity contribution in [2.75, 3.05) is 13.7 Å². The fourth-order valence-corrected chi connectivity index (χ4v) is 8.53. The molecule has 2 aliphatic carbocycles. The predicted octanol–water partition coefficient (Wildman–Crippen LogP) is 6.72. The highest BCUT2D eigenvalue weighted by molar-refractivity contribution is 5.89. The lowest BCUT2D eigenvalue weighted by Gasteiger charge is -2.42. The maximum Gasteiger partial charge on any atom is 0.408 e. The molecule has 262 valence electrons. The zero-order valence-corrected chi connectivity index (χ0v) is 28.4. The molecule has 6 atom stereocenters. The molecule has 2 bridgehead atoms. The maximum atomic E-state index is 16.1. The molecule has 4 aliphatic rings. The Morgan fingerprint density at radius 3 is 2.44 bits per heavy atom. The molecule has 10 nitrogen and oxygen atoms in total. The average molecular weight is 671 g/mol. The highest BCUT2D eigenvalue weighted by Crippen LogP contribution is 2.45. The summed E-state index contributed by atoms with van der Waals surface area (Å²) in [6.07, 6.45) is 6.79. The third-order valence-corrected chi connectivity index (χ3v) is 11.6. The minimum Gasteiger partial charge on any atom is -0.497 e. The summed E-state index contributed by atoms with van der Waals surface area (Å²) >= 11 is 0. The van der Waals surface area contributed by atoms with Crippen LogP contribution in [0.1, 0.15) is 104 Å². The largest absolute Gasteiger partial charge is 0.497 e. The number of alkyl carbamates (subject to hydrolysis) is 1. The number of carbonyl (C=O) groups is 3. The van der Waals surface area contributed by atoms with Crippen LogP contribution in [0, 0.1) is 17.3 Å². The summed E-state index contributed by atoms with van der Waals surface area (Å²) in [4.78, 5) is 51.1. The molecule has 12 heteroatoms. The van der Waals surface area contributed by atoms with Gasteiger partial charge in [0.25, 0.3) is 5.92 Å². The normalized spacial score (nSPS) is 32.5. The quantitative estimate of drug-likeness (QED) is 0.358. The SMILES string of the molecule is COc1ccc2nc3c(nc2c1)O[C@H]1CN(C(=O)[C@H](C2(C)CCCCC2)NC(=O)O[C@]2(C)CCC[C@H]2CCCCC3(F)F)[C@H](C=O)[C@@H]1C. The second-order valence-electron chi connectivity index (χ2n) is 14.9. The van der Waals surface area contributed by atoms with Crippen molar-refractivity contribution in [2.45, 2.75) is 128 Å². The van der Waals surface area contributed by atoms with Gasteiger partial charge >= 0.3 is 6.09 Å². The van der Waals surface area contributed by atoms with Crippen LogP contribution in [0.25, 0.3) is 11.0 Å². The van der Waals surface area contributed by atoms with Crippen LogP contribution in [0.5, 0.6) is 11.6 Å². The standard InChI is InChI=1S/C36H48F2N4O6/c1-22-27(21-43)42-20-28(22)47-31-29(39-25-14-13-24(46-4)19-26(25)40-31)36(37,38)18-9-6-11-23-12-10-17-35(23,3)48-33(45)41-30(32(42)44)34(2)15-7-5-8-16-34/h13-14,19,21-23,27-28,30H,5-12,15-18,20H2,1-4H3,(H,41,45)/t22-,23+,27+,28-,30+,35+/m0/s1. The number of halogens is 2. The summed E-state index contributed by atoms with van der Waals surface area (Å²) in [7, 11) is 1.50. The van der Waals surface area contributed by atoms with Crippen molar-refractivity contribution in [1.29, 1.82) is 0 Å². The number of ether oxygens (including phenoxy) is 3. The van der Waals surface area contributed by atoms with E-state index in [9.17, 15) is 14.4 Å². The van der Waals surface area contributed by atoms with Crippen molar-refractivity contribution in [3.05, 3.63) is 23.9 Å². The minimum absolute atomic E-state index is 0.00384. The molecule has 2 aromatic rings. The molecule has 1 saturated heterocycles. The Bertz CT molecular complexity index is 1530. The second-order valence-corrected chi connectivity index (χ2v) is 14.9. The second kappa shape index (κ2) is 13.4. The fraction of sp³-hybridized carbons (Fsp3) is 0.694. The van der Waals surface area contributed by atoms with Crippen molar-refractivity contribution in [3.8, 4) is 11.6 Å². The molecule has 1 N–H and O–H groups in total. The van der Waals surface area contributed by atoms with Crippen molar-refractivity contribution < 1.29 is 37.4 Å². The Hall–Kier alpha value is -3.57. The van der Waals surface area contributed by atoms with Gasteiger partial charge in [-0.2, -0.15) is 8.78 Å². The fourth-order valence-electron chi connectivity index (χ4n) is 8.53. The van der Waals surface area contributed by atoms with E-state index in [0.717, 1.165) is 44.9 Å². The summed E-state index contributed by atoms with van der Waals surface area (Å²) in [5.41, 5.74) is -1.29. The Morgan fingerprint density at radius 2 is 1.71 bits per heavy atom. The van der Waals surface area contributed by atoms with Gasteiger partial charge < -0.3 is 29.2 Å². The summed E-state index contributed by atoms with van der Waals surface area (Å²) in [6.45, 7) is 5.64. The smallest absolute Gasteiger partial charge is 0.408 e. The van der Waals surface area contributed by atoms with Crippen LogP contribution >= 0.6 is 0 Å². The molecule has 1 aromatic carbocycles. The summed E-state index contributed by atoms with van der Waals surface area (Å²) in [6, 6.07) is 3.01. The number of rotatable bonds is 3. The van der Waals surface area contributed by atoms with Crippen LogP contribution in [0.3, 0.4) is 0 Å². The van der Waals surface area contributed by atoms with Crippen molar-refractivity contribution in [2.24, 2.45) is 17.3 Å². The van der Waals surface area contributed by atoms with Crippen molar-refractivity contribution in [1.82, 2.24) is 20.2 Å². The van der Waals surface area contributed by atoms with Gasteiger partial charge in [-0.15, -0.1) is 0 Å². The number of fused-ring (bicyclic) bond motifs is 5. The maximum absolute atomic E-state index is 16.1. The lowest BCUT2D eigenvalue weighted by atomic mass is 9.70. The van der Waals surface area contributed by atoms with Crippen LogP contribution in [0.15, 0.2) is 18.2 Å². The minimum atomic E-state index is -3.36. The van der Waals surface area contributed by atoms with Crippen LogP contribution < -0.4 is 14.8 Å². The summed E-state index contributed by atoms with van der Waals surface area (Å²) in [5, 5.41) is 2.98. The number of methoxy groups -OCH3 is 1. The highest BCUT2D eigenvalue weighted by Gasteiger charge is 2.51. The van der Waals surface area contributed by atoms with Gasteiger partial charge in [0.1, 0.15) is 29.8 Å². The molecule has 3 heterocycles. The summed E-state index contributed by atoms with van der Waals surface area (Å²) < 4.78 is 50.0. The number of amides is 2. The zero-order chi connectivity index (χ0) is 34.3. The number of alkyl halides is 2. The van der Waals surface area contributed by atoms with Crippen LogP contribution in [-0.4, -0.2) is 70.6 Å². The number of aromatic nitrogens is 2. The van der Waals surface area contributed by atoms with E-state index in [2.05, 4.69) is 15.3 Å². The lowest BCUT2D eigenvalue weighted by molar-refractivity contribution is -0.141. The van der Waals surface area contributed by atoms with Gasteiger partial charge in [0, 0.05) is 18.4 Å². The van der Waals surface area contributed by atoms with Crippen molar-refractivity contribution in [3.63, 3.8) is 0 Å². The van der Waals surface area contributed by atoms with E-state index in [1.807, 2.05) is 13.8 Å². The molecular weight excluding hydrogens is 622 g/mol. The molecule has 2 aliphatic heterocycles. The Morgan fingerprint density at radius 1 is 0.979 bits per heavy atom. The third kappa shape index (κ3) is 6.55. The van der Waals surface area contributed by atoms with Gasteiger partial charge in [0.05, 0.1) is 30.7 Å². The lowest BCUT2D eigenvalue weighted by Crippen LogP contribution is -2.59. The van der Waals surface area contributed by atoms with Crippen LogP contribution in [0.2, 0.25) is 0 Å². The molecule has 0 spiro atoms. The van der Waals surface area contributed by atoms with E-state index >= 15 is 8.78 Å². The molecule has 3 fully saturated rings. The molecule has 48 heavy (non-hydrogen) atoms. The van der Waals surface area contributed by atoms with Gasteiger partial charge in [-0.1, -0.05) is 39.5 Å². The molecule has 2 amide bonds. The summed E-state index contributed by atoms with van der Waals surface area (Å²) in [5.74, 6) is -4.15. The molecule has 6 rings (SSSR count). The van der Waals surface area contributed by atoms with E-state index in [-0.39, 0.29) is 30.3 Å². The van der Waals surface area contributed by atoms with E-state index in [0.29, 0.717) is 36.8 Å². The molecule has 1 aromatic heterocycles. The molecule has 0 unspecified atom stereocenters. The van der Waals surface area contributed by atoms with E-state index < -0.39 is 65.2 Å². The van der Waals surface area contributed by atoms with Gasteiger partial charge in [-0.05, 0) is 75.3 Å². The first-order chi connectivity index (χ1) is 22.9. The first-order valence-corrected chi connectivity index (χ1v) is 17.5. The van der Waals surface area contributed by atoms with Gasteiger partial charge in [-0.3, -0.25) is 4.79 Å². The van der Waals surface area contributed by atoms with Crippen molar-refractivity contribution >= 4 is 29.3 Å². The number of nitrogens with one attached hydrogen (secondary N) is 1. The van der Waals surface area contributed by atoms with E-state index in [1.165, 1.54) is 12.0 Å². The molecule has 2 saturated carbocycles. The molecule has 0 radical (unpaired) electrons. The van der Waals surface area contributed by atoms with Gasteiger partial charge in [0.2, 0.25) is 11.8 Å². The first kappa shape index (κ1) is 34.3. The topological polar surface area (TPSA) is 120 Å². The third-order valence-electron chi connectivity index (χ3n) is 11.6. The van der Waals surface area contributed by atoms with Crippen LogP contribution in [0.4, 0.5) is 13.6 Å². The number of nitrogens with zero attached hydrogens (tertiary/aromatic N) is 3. The van der Waals surface area contributed by atoms with Crippen LogP contribution in [-0.2, 0) is 20.2 Å². The Labute approximate surface area is 280 Å². The first-order valence-electron chi connectivity index (χ1n) is 17.5. The van der Waals surface area contributed by atoms with E-state index in [4.69, 9.17) is 14.2 Å². The van der Waals surface area contributed by atoms with Gasteiger partial charge in [0.15, 0.2) is 5.69 Å². The number of aldehydes is 1. The average Bonchev–Trinajstić information content (AvgIpc) is 3.58. The number of carbonyl (C=O) groups excluding carboxylic acids is 3.